The second kappa shape index (κ2) is 6.09. The molecule has 0 bridgehead atoms. The van der Waals surface area contributed by atoms with Crippen molar-refractivity contribution in [3.8, 4) is 0 Å². The fourth-order valence-electron chi connectivity index (χ4n) is 3.42. The lowest BCUT2D eigenvalue weighted by Gasteiger charge is -2.31. The summed E-state index contributed by atoms with van der Waals surface area (Å²) in [7, 11) is -2.46. The van der Waals surface area contributed by atoms with Gasteiger partial charge in [0.15, 0.2) is 0 Å². The third-order valence-corrected chi connectivity index (χ3v) is 6.52. The van der Waals surface area contributed by atoms with Gasteiger partial charge in [-0.05, 0) is 38.3 Å². The van der Waals surface area contributed by atoms with E-state index in [0.29, 0.717) is 0 Å². The highest BCUT2D eigenvalue weighted by Crippen LogP contribution is 2.39. The molecule has 1 aromatic rings. The van der Waals surface area contributed by atoms with Crippen LogP contribution in [0.5, 0.6) is 0 Å². The van der Waals surface area contributed by atoms with Gasteiger partial charge in [0.2, 0.25) is 10.0 Å². The van der Waals surface area contributed by atoms with Crippen LogP contribution in [0.1, 0.15) is 31.2 Å². The number of carbonyl (C=O) groups is 1. The van der Waals surface area contributed by atoms with E-state index in [4.69, 9.17) is 4.74 Å². The van der Waals surface area contributed by atoms with Gasteiger partial charge in [0.25, 0.3) is 0 Å². The van der Waals surface area contributed by atoms with Crippen molar-refractivity contribution in [2.45, 2.75) is 49.6 Å². The highest BCUT2D eigenvalue weighted by atomic mass is 32.2. The molecule has 124 valence electrons. The first kappa shape index (κ1) is 16.2. The molecule has 5 nitrogen and oxygen atoms in total. The van der Waals surface area contributed by atoms with E-state index >= 15 is 0 Å². The molecule has 1 aromatic carbocycles. The van der Waals surface area contributed by atoms with Gasteiger partial charge in [-0.25, -0.2) is 13.2 Å². The van der Waals surface area contributed by atoms with Crippen molar-refractivity contribution < 1.29 is 17.9 Å². The minimum absolute atomic E-state index is 0.220. The molecule has 0 aromatic heterocycles. The average molecular weight is 335 g/mol. The summed E-state index contributed by atoms with van der Waals surface area (Å²) < 4.78 is 32.4. The normalized spacial score (nSPS) is 24.9. The van der Waals surface area contributed by atoms with Crippen molar-refractivity contribution in [3.63, 3.8) is 0 Å². The van der Waals surface area contributed by atoms with Crippen LogP contribution in [0.15, 0.2) is 40.8 Å². The van der Waals surface area contributed by atoms with Crippen molar-refractivity contribution in [2.24, 2.45) is 0 Å². The Morgan fingerprint density at radius 3 is 2.57 bits per heavy atom. The monoisotopic (exact) mass is 335 g/mol. The van der Waals surface area contributed by atoms with E-state index in [9.17, 15) is 13.2 Å². The quantitative estimate of drug-likeness (QED) is 0.628. The van der Waals surface area contributed by atoms with Gasteiger partial charge < -0.3 is 4.74 Å². The van der Waals surface area contributed by atoms with Gasteiger partial charge in [0.1, 0.15) is 6.04 Å². The summed E-state index contributed by atoms with van der Waals surface area (Å²) in [6, 6.07) is 5.65. The SMILES string of the molecule is COC(=O)[C@@H]1C=C2CCCC[C@@H]2N1S(=O)(=O)c1ccc(C)cc1. The van der Waals surface area contributed by atoms with Crippen LogP contribution in [-0.2, 0) is 19.6 Å². The number of aryl methyl sites for hydroxylation is 1. The Kier molecular flexibility index (Phi) is 4.29. The van der Waals surface area contributed by atoms with Crippen molar-refractivity contribution in [2.75, 3.05) is 7.11 Å². The summed E-state index contributed by atoms with van der Waals surface area (Å²) in [6.45, 7) is 1.91. The number of ether oxygens (including phenoxy) is 1. The van der Waals surface area contributed by atoms with Gasteiger partial charge in [-0.1, -0.05) is 35.8 Å². The number of sulfonamides is 1. The largest absolute Gasteiger partial charge is 0.468 e. The van der Waals surface area contributed by atoms with Crippen LogP contribution in [0.2, 0.25) is 0 Å². The van der Waals surface area contributed by atoms with Gasteiger partial charge >= 0.3 is 5.97 Å². The van der Waals surface area contributed by atoms with E-state index in [1.165, 1.54) is 11.4 Å². The lowest BCUT2D eigenvalue weighted by atomic mass is 9.92. The zero-order chi connectivity index (χ0) is 16.6. The Labute approximate surface area is 137 Å². The molecular weight excluding hydrogens is 314 g/mol. The third-order valence-electron chi connectivity index (χ3n) is 4.61. The van der Waals surface area contributed by atoms with Crippen LogP contribution in [0.4, 0.5) is 0 Å². The van der Waals surface area contributed by atoms with E-state index < -0.39 is 22.0 Å². The van der Waals surface area contributed by atoms with Crippen LogP contribution in [-0.4, -0.2) is 37.9 Å². The van der Waals surface area contributed by atoms with Gasteiger partial charge in [0, 0.05) is 6.04 Å². The number of hydrogen-bond donors (Lipinski definition) is 0. The molecule has 2 aliphatic rings. The van der Waals surface area contributed by atoms with Crippen LogP contribution in [0.25, 0.3) is 0 Å². The summed E-state index contributed by atoms with van der Waals surface area (Å²) in [5.74, 6) is -0.525. The first-order chi connectivity index (χ1) is 10.9. The van der Waals surface area contributed by atoms with Crippen LogP contribution in [0.3, 0.4) is 0 Å². The number of rotatable bonds is 3. The molecule has 23 heavy (non-hydrogen) atoms. The van der Waals surface area contributed by atoms with Gasteiger partial charge in [-0.3, -0.25) is 0 Å². The van der Waals surface area contributed by atoms with Crippen molar-refractivity contribution in [1.29, 1.82) is 0 Å². The van der Waals surface area contributed by atoms with Gasteiger partial charge in [-0.15, -0.1) is 0 Å². The Bertz CT molecular complexity index is 736. The molecule has 1 aliphatic carbocycles. The number of esters is 1. The van der Waals surface area contributed by atoms with E-state index in [2.05, 4.69) is 0 Å². The lowest BCUT2D eigenvalue weighted by Crippen LogP contribution is -2.47. The number of benzene rings is 1. The highest BCUT2D eigenvalue weighted by Gasteiger charge is 2.46. The Hall–Kier alpha value is -1.66. The molecule has 0 spiro atoms. The maximum absolute atomic E-state index is 13.1. The first-order valence-electron chi connectivity index (χ1n) is 7.84. The standard InChI is InChI=1S/C17H21NO4S/c1-12-7-9-14(10-8-12)23(20,21)18-15-6-4-3-5-13(15)11-16(18)17(19)22-2/h7-11,15-16H,3-6H2,1-2H3/t15-,16-/m0/s1. The molecule has 1 fully saturated rings. The molecule has 1 aliphatic heterocycles. The topological polar surface area (TPSA) is 63.7 Å². The number of nitrogens with zero attached hydrogens (tertiary/aromatic N) is 1. The van der Waals surface area contributed by atoms with Crippen LogP contribution in [0, 0.1) is 6.92 Å². The summed E-state index contributed by atoms with van der Waals surface area (Å²) in [5.41, 5.74) is 2.04. The molecule has 0 amide bonds. The lowest BCUT2D eigenvalue weighted by molar-refractivity contribution is -0.143. The molecule has 3 rings (SSSR count). The Morgan fingerprint density at radius 1 is 1.22 bits per heavy atom. The van der Waals surface area contributed by atoms with E-state index in [1.807, 2.05) is 6.92 Å². The molecule has 2 atom stereocenters. The fourth-order valence-corrected chi connectivity index (χ4v) is 5.16. The van der Waals surface area contributed by atoms with E-state index in [0.717, 1.165) is 36.8 Å². The van der Waals surface area contributed by atoms with Gasteiger partial charge in [0.05, 0.1) is 12.0 Å². The molecule has 1 saturated carbocycles. The minimum atomic E-state index is -3.75. The van der Waals surface area contributed by atoms with Crippen molar-refractivity contribution >= 4 is 16.0 Å². The number of fused-ring (bicyclic) bond motifs is 1. The van der Waals surface area contributed by atoms with Crippen molar-refractivity contribution in [1.82, 2.24) is 4.31 Å². The van der Waals surface area contributed by atoms with Crippen molar-refractivity contribution in [3.05, 3.63) is 41.5 Å². The maximum Gasteiger partial charge on any atom is 0.328 e. The number of hydrogen-bond acceptors (Lipinski definition) is 4. The molecular formula is C17H21NO4S. The number of carbonyl (C=O) groups excluding carboxylic acids is 1. The molecule has 6 heteroatoms. The summed E-state index contributed by atoms with van der Waals surface area (Å²) in [4.78, 5) is 12.3. The second-order valence-corrected chi connectivity index (χ2v) is 7.96. The van der Waals surface area contributed by atoms with Crippen LogP contribution < -0.4 is 0 Å². The zero-order valence-corrected chi connectivity index (χ0v) is 14.2. The summed E-state index contributed by atoms with van der Waals surface area (Å²) in [6.07, 6.45) is 5.38. The predicted molar refractivity (Wildman–Crippen MR) is 86.3 cm³/mol. The maximum atomic E-state index is 13.1. The molecule has 1 heterocycles. The first-order valence-corrected chi connectivity index (χ1v) is 9.28. The van der Waals surface area contributed by atoms with Crippen LogP contribution >= 0.6 is 0 Å². The van der Waals surface area contributed by atoms with E-state index in [-0.39, 0.29) is 10.9 Å². The second-order valence-electron chi connectivity index (χ2n) is 6.12. The predicted octanol–water partition coefficient (Wildman–Crippen LogP) is 2.41. The number of methoxy groups -OCH3 is 1. The molecule has 0 radical (unpaired) electrons. The minimum Gasteiger partial charge on any atom is -0.468 e. The average Bonchev–Trinajstić information content (AvgIpc) is 2.94. The highest BCUT2D eigenvalue weighted by molar-refractivity contribution is 7.89. The Morgan fingerprint density at radius 2 is 1.91 bits per heavy atom. The summed E-state index contributed by atoms with van der Waals surface area (Å²) >= 11 is 0. The fraction of sp³-hybridized carbons (Fsp3) is 0.471. The molecule has 0 unspecified atom stereocenters. The molecule has 0 saturated heterocycles. The third kappa shape index (κ3) is 2.81. The molecule has 0 N–H and O–H groups in total. The van der Waals surface area contributed by atoms with E-state index in [1.54, 1.807) is 30.3 Å². The van der Waals surface area contributed by atoms with Gasteiger partial charge in [-0.2, -0.15) is 4.31 Å². The smallest absolute Gasteiger partial charge is 0.328 e. The Balaban J connectivity index is 2.03. The zero-order valence-electron chi connectivity index (χ0n) is 13.4. The summed E-state index contributed by atoms with van der Waals surface area (Å²) in [5, 5.41) is 0.